The monoisotopic (exact) mass is 594 g/mol. The van der Waals surface area contributed by atoms with E-state index in [1.165, 1.54) is 29.2 Å². The van der Waals surface area contributed by atoms with Crippen LogP contribution in [0.4, 0.5) is 17.1 Å². The van der Waals surface area contributed by atoms with Gasteiger partial charge in [0.05, 0.1) is 38.4 Å². The number of para-hydroxylation sites is 1. The summed E-state index contributed by atoms with van der Waals surface area (Å²) in [5.41, 5.74) is 1.04. The van der Waals surface area contributed by atoms with Gasteiger partial charge < -0.3 is 9.79 Å². The number of carbonyl (C=O) groups excluding carboxylic acids is 1. The van der Waals surface area contributed by atoms with E-state index in [4.69, 9.17) is 46.4 Å². The molecule has 0 saturated heterocycles. The zero-order chi connectivity index (χ0) is 25.7. The van der Waals surface area contributed by atoms with E-state index in [0.717, 1.165) is 12.1 Å². The number of halogens is 4. The van der Waals surface area contributed by atoms with Crippen molar-refractivity contribution in [2.45, 2.75) is 11.3 Å². The minimum atomic E-state index is -4.86. The van der Waals surface area contributed by atoms with Crippen molar-refractivity contribution >= 4 is 87.0 Å². The maximum absolute atomic E-state index is 13.4. The molecule has 1 aliphatic heterocycles. The van der Waals surface area contributed by atoms with Gasteiger partial charge in [-0.2, -0.15) is 0 Å². The molecule has 14 heteroatoms. The van der Waals surface area contributed by atoms with Gasteiger partial charge in [0.1, 0.15) is 6.29 Å². The van der Waals surface area contributed by atoms with Crippen molar-refractivity contribution in [1.82, 2.24) is 0 Å². The molecule has 0 radical (unpaired) electrons. The fourth-order valence-corrected chi connectivity index (χ4v) is 7.66. The summed E-state index contributed by atoms with van der Waals surface area (Å²) >= 11 is 24.4. The van der Waals surface area contributed by atoms with Crippen molar-refractivity contribution in [2.24, 2.45) is 0 Å². The second-order valence-electron chi connectivity index (χ2n) is 7.55. The highest BCUT2D eigenvalue weighted by Gasteiger charge is 2.35. The average molecular weight is 596 g/mol. The van der Waals surface area contributed by atoms with Crippen LogP contribution in [0.2, 0.25) is 20.1 Å². The lowest BCUT2D eigenvalue weighted by molar-refractivity contribution is -0.116. The lowest BCUT2D eigenvalue weighted by Crippen LogP contribution is -2.32. The molecule has 0 bridgehead atoms. The standard InChI is InChI=1S/C21H15Cl4N2O6PS/c22-13-8-14(23)10-16(9-13)35(32,33)26(11-34(29,30)31)15-4-5-19-12(6-15)7-20(28)27(19)21-17(24)2-1-3-18(21)25/h1-6,8-10H,7,11H2,(H2,29,30,31). The SMILES string of the molecule is O=C1Cc2cc(N(CP(=O)(O)O)S(=O)(=O)c3cc(Cl)cc(Cl)c3)ccc2N1c1c(Cl)cccc1Cl. The van der Waals surface area contributed by atoms with E-state index in [-0.39, 0.29) is 48.7 Å². The van der Waals surface area contributed by atoms with Crippen LogP contribution < -0.4 is 9.21 Å². The Kier molecular flexibility index (Phi) is 7.18. The number of amides is 1. The molecule has 1 aliphatic rings. The molecule has 0 saturated carbocycles. The second kappa shape index (κ2) is 9.57. The van der Waals surface area contributed by atoms with Crippen molar-refractivity contribution in [3.8, 4) is 0 Å². The molecule has 0 fully saturated rings. The molecule has 0 aromatic heterocycles. The van der Waals surface area contributed by atoms with E-state index in [1.807, 2.05) is 0 Å². The van der Waals surface area contributed by atoms with E-state index < -0.39 is 23.9 Å². The summed E-state index contributed by atoms with van der Waals surface area (Å²) in [7, 11) is -9.38. The molecule has 3 aromatic carbocycles. The number of benzene rings is 3. The number of sulfonamides is 1. The third-order valence-electron chi connectivity index (χ3n) is 5.08. The zero-order valence-electron chi connectivity index (χ0n) is 17.4. The molecule has 8 nitrogen and oxygen atoms in total. The van der Waals surface area contributed by atoms with Crippen LogP contribution in [0.3, 0.4) is 0 Å². The van der Waals surface area contributed by atoms with Crippen LogP contribution in [-0.2, 0) is 25.8 Å². The zero-order valence-corrected chi connectivity index (χ0v) is 22.1. The maximum atomic E-state index is 13.4. The molecular weight excluding hydrogens is 581 g/mol. The molecule has 0 atom stereocenters. The molecule has 3 aromatic rings. The first-order valence-corrected chi connectivity index (χ1v) is 14.5. The van der Waals surface area contributed by atoms with Crippen LogP contribution in [0.1, 0.15) is 5.56 Å². The molecule has 2 N–H and O–H groups in total. The van der Waals surface area contributed by atoms with Crippen LogP contribution >= 0.6 is 54.0 Å². The molecule has 35 heavy (non-hydrogen) atoms. The van der Waals surface area contributed by atoms with Gasteiger partial charge in [-0.25, -0.2) is 8.42 Å². The predicted molar refractivity (Wildman–Crippen MR) is 137 cm³/mol. The van der Waals surface area contributed by atoms with Gasteiger partial charge in [0.15, 0.2) is 0 Å². The van der Waals surface area contributed by atoms with Gasteiger partial charge in [-0.05, 0) is 54.1 Å². The van der Waals surface area contributed by atoms with Crippen molar-refractivity contribution in [2.75, 3.05) is 15.5 Å². The van der Waals surface area contributed by atoms with E-state index in [2.05, 4.69) is 0 Å². The lowest BCUT2D eigenvalue weighted by atomic mass is 10.1. The number of hydrogen-bond acceptors (Lipinski definition) is 4. The molecule has 4 rings (SSSR count). The summed E-state index contributed by atoms with van der Waals surface area (Å²) in [5, 5.41) is 0.538. The van der Waals surface area contributed by atoms with Gasteiger partial charge >= 0.3 is 7.60 Å². The highest BCUT2D eigenvalue weighted by atomic mass is 35.5. The summed E-state index contributed by atoms with van der Waals surface area (Å²) < 4.78 is 39.2. The first kappa shape index (κ1) is 26.3. The Morgan fingerprint density at radius 1 is 0.943 bits per heavy atom. The van der Waals surface area contributed by atoms with E-state index in [9.17, 15) is 27.6 Å². The van der Waals surface area contributed by atoms with Gasteiger partial charge in [0.2, 0.25) is 5.91 Å². The van der Waals surface area contributed by atoms with Crippen molar-refractivity contribution in [3.63, 3.8) is 0 Å². The van der Waals surface area contributed by atoms with Crippen molar-refractivity contribution in [1.29, 1.82) is 0 Å². The van der Waals surface area contributed by atoms with Crippen LogP contribution in [0.25, 0.3) is 0 Å². The van der Waals surface area contributed by atoms with Crippen molar-refractivity contribution < 1.29 is 27.6 Å². The lowest BCUT2D eigenvalue weighted by Gasteiger charge is -2.26. The van der Waals surface area contributed by atoms with Crippen LogP contribution in [0, 0.1) is 0 Å². The van der Waals surface area contributed by atoms with Crippen molar-refractivity contribution in [3.05, 3.63) is 80.3 Å². The molecule has 0 aliphatic carbocycles. The van der Waals surface area contributed by atoms with Gasteiger partial charge in [0.25, 0.3) is 10.0 Å². The third kappa shape index (κ3) is 5.33. The normalized spacial score (nSPS) is 13.8. The smallest absolute Gasteiger partial charge is 0.323 e. The first-order valence-electron chi connectivity index (χ1n) is 9.71. The summed E-state index contributed by atoms with van der Waals surface area (Å²) in [6.07, 6.45) is -1.26. The minimum Gasteiger partial charge on any atom is -0.323 e. The Morgan fingerprint density at radius 2 is 1.54 bits per heavy atom. The van der Waals surface area contributed by atoms with Gasteiger partial charge in [0, 0.05) is 10.0 Å². The number of hydrogen-bond donors (Lipinski definition) is 2. The average Bonchev–Trinajstić information content (AvgIpc) is 3.05. The number of anilines is 3. The molecule has 0 spiro atoms. The first-order chi connectivity index (χ1) is 16.3. The molecule has 0 unspecified atom stereocenters. The number of fused-ring (bicyclic) bond motifs is 1. The topological polar surface area (TPSA) is 115 Å². The predicted octanol–water partition coefficient (Wildman–Crippen LogP) is 5.85. The second-order valence-corrected chi connectivity index (χ2v) is 12.7. The number of rotatable bonds is 6. The highest BCUT2D eigenvalue weighted by molar-refractivity contribution is 7.93. The Labute approximate surface area is 220 Å². The third-order valence-corrected chi connectivity index (χ3v) is 8.72. The molecule has 1 heterocycles. The van der Waals surface area contributed by atoms with Gasteiger partial charge in [-0.15, -0.1) is 0 Å². The largest absolute Gasteiger partial charge is 0.345 e. The van der Waals surface area contributed by atoms with Crippen LogP contribution in [-0.4, -0.2) is 30.4 Å². The van der Waals surface area contributed by atoms with Crippen LogP contribution in [0.5, 0.6) is 0 Å². The Morgan fingerprint density at radius 3 is 2.11 bits per heavy atom. The summed E-state index contributed by atoms with van der Waals surface area (Å²) in [5.74, 6) is -0.363. The molecule has 1 amide bonds. The molecule has 184 valence electrons. The van der Waals surface area contributed by atoms with E-state index in [0.29, 0.717) is 15.6 Å². The van der Waals surface area contributed by atoms with Gasteiger partial charge in [-0.1, -0.05) is 52.5 Å². The summed E-state index contributed by atoms with van der Waals surface area (Å²) in [6, 6.07) is 12.5. The minimum absolute atomic E-state index is 0.0269. The number of nitrogens with zero attached hydrogens (tertiary/aromatic N) is 2. The number of carbonyl (C=O) groups is 1. The Hall–Kier alpha value is -1.81. The quantitative estimate of drug-likeness (QED) is 0.345. The van der Waals surface area contributed by atoms with Crippen LogP contribution in [0.15, 0.2) is 59.5 Å². The van der Waals surface area contributed by atoms with E-state index >= 15 is 0 Å². The van der Waals surface area contributed by atoms with E-state index in [1.54, 1.807) is 18.2 Å². The fraction of sp³-hybridized carbons (Fsp3) is 0.0952. The van der Waals surface area contributed by atoms with Gasteiger partial charge in [-0.3, -0.25) is 18.6 Å². The highest BCUT2D eigenvalue weighted by Crippen LogP contribution is 2.45. The maximum Gasteiger partial charge on any atom is 0.345 e. The fourth-order valence-electron chi connectivity index (χ4n) is 3.68. The Bertz CT molecular complexity index is 1470. The summed E-state index contributed by atoms with van der Waals surface area (Å²) in [4.78, 5) is 33.1. The molecular formula is C21H15Cl4N2O6PS. The Balaban J connectivity index is 1.83. The summed E-state index contributed by atoms with van der Waals surface area (Å²) in [6.45, 7) is 0.